The van der Waals surface area contributed by atoms with Gasteiger partial charge in [0, 0.05) is 0 Å². The third-order valence-corrected chi connectivity index (χ3v) is 4.51. The first-order chi connectivity index (χ1) is 12.1. The summed E-state index contributed by atoms with van der Waals surface area (Å²) in [5, 5.41) is 16.2. The van der Waals surface area contributed by atoms with Gasteiger partial charge in [0.25, 0.3) is 0 Å². The molecule has 0 bridgehead atoms. The van der Waals surface area contributed by atoms with Crippen LogP contribution >= 0.6 is 11.8 Å². The van der Waals surface area contributed by atoms with E-state index in [0.717, 1.165) is 0 Å². The summed E-state index contributed by atoms with van der Waals surface area (Å²) in [6.07, 6.45) is 2.87. The van der Waals surface area contributed by atoms with Crippen molar-refractivity contribution in [2.75, 3.05) is 18.6 Å². The number of rotatable bonds is 12. The maximum absolute atomic E-state index is 12.6. The van der Waals surface area contributed by atoms with Crippen molar-refractivity contribution in [2.24, 2.45) is 11.7 Å². The van der Waals surface area contributed by atoms with E-state index in [0.29, 0.717) is 18.6 Å². The fourth-order valence-corrected chi connectivity index (χ4v) is 2.51. The molecule has 0 radical (unpaired) electrons. The van der Waals surface area contributed by atoms with Crippen LogP contribution < -0.4 is 21.7 Å². The van der Waals surface area contributed by atoms with Gasteiger partial charge in [0.1, 0.15) is 18.6 Å². The zero-order valence-corrected chi connectivity index (χ0v) is 16.5. The monoisotopic (exact) mass is 390 g/mol. The zero-order chi connectivity index (χ0) is 20.3. The van der Waals surface area contributed by atoms with Crippen LogP contribution in [0.3, 0.4) is 0 Å². The van der Waals surface area contributed by atoms with Gasteiger partial charge < -0.3 is 26.8 Å². The highest BCUT2D eigenvalue weighted by Gasteiger charge is 2.30. The van der Waals surface area contributed by atoms with Crippen molar-refractivity contribution in [3.63, 3.8) is 0 Å². The van der Waals surface area contributed by atoms with Gasteiger partial charge in [0.05, 0.1) is 6.04 Å². The Bertz CT molecular complexity index is 501. The minimum Gasteiger partial charge on any atom is -0.480 e. The van der Waals surface area contributed by atoms with Gasteiger partial charge in [0.2, 0.25) is 17.7 Å². The number of thioether (sulfide) groups is 1. The Balaban J connectivity index is 5.14. The summed E-state index contributed by atoms with van der Waals surface area (Å²) in [5.41, 5.74) is 5.53. The number of amides is 3. The molecule has 9 nitrogen and oxygen atoms in total. The number of carbonyl (C=O) groups is 4. The number of carboxylic acids is 1. The molecule has 150 valence electrons. The van der Waals surface area contributed by atoms with Crippen LogP contribution in [-0.2, 0) is 19.2 Å². The van der Waals surface area contributed by atoms with Crippen molar-refractivity contribution in [1.29, 1.82) is 0 Å². The summed E-state index contributed by atoms with van der Waals surface area (Å²) in [4.78, 5) is 47.3. The van der Waals surface area contributed by atoms with Crippen LogP contribution in [0.25, 0.3) is 0 Å². The predicted molar refractivity (Wildman–Crippen MR) is 101 cm³/mol. The Hall–Kier alpha value is -1.81. The first-order valence-electron chi connectivity index (χ1n) is 8.48. The van der Waals surface area contributed by atoms with Gasteiger partial charge in [-0.25, -0.2) is 0 Å². The molecule has 26 heavy (non-hydrogen) atoms. The number of carbonyl (C=O) groups excluding carboxylic acids is 3. The molecular formula is C16H30N4O5S. The van der Waals surface area contributed by atoms with E-state index in [4.69, 9.17) is 10.8 Å². The summed E-state index contributed by atoms with van der Waals surface area (Å²) in [5.74, 6) is -2.27. The quantitative estimate of drug-likeness (QED) is 0.296. The minimum atomic E-state index is -1.17. The van der Waals surface area contributed by atoms with Crippen LogP contribution in [0.2, 0.25) is 0 Å². The lowest BCUT2D eigenvalue weighted by Gasteiger charge is -2.26. The molecule has 10 heteroatoms. The van der Waals surface area contributed by atoms with Crippen molar-refractivity contribution in [3.8, 4) is 0 Å². The van der Waals surface area contributed by atoms with Crippen LogP contribution in [0.4, 0.5) is 0 Å². The van der Waals surface area contributed by atoms with E-state index in [1.165, 1.54) is 18.7 Å². The van der Waals surface area contributed by atoms with E-state index in [1.54, 1.807) is 6.92 Å². The Morgan fingerprint density at radius 1 is 1.08 bits per heavy atom. The van der Waals surface area contributed by atoms with Gasteiger partial charge in [-0.1, -0.05) is 20.3 Å². The van der Waals surface area contributed by atoms with Crippen molar-refractivity contribution in [1.82, 2.24) is 16.0 Å². The number of carboxylic acid groups (broad SMARTS) is 1. The fourth-order valence-electron chi connectivity index (χ4n) is 2.04. The van der Waals surface area contributed by atoms with Gasteiger partial charge in [-0.05, 0) is 31.3 Å². The molecule has 3 amide bonds. The maximum Gasteiger partial charge on any atom is 0.322 e. The summed E-state index contributed by atoms with van der Waals surface area (Å²) in [6.45, 7) is 4.62. The molecule has 0 saturated heterocycles. The largest absolute Gasteiger partial charge is 0.480 e. The van der Waals surface area contributed by atoms with Gasteiger partial charge in [-0.15, -0.1) is 0 Å². The molecule has 0 aliphatic rings. The van der Waals surface area contributed by atoms with E-state index in [1.807, 2.05) is 13.2 Å². The number of hydrogen-bond acceptors (Lipinski definition) is 6. The zero-order valence-electron chi connectivity index (χ0n) is 15.7. The third-order valence-electron chi connectivity index (χ3n) is 3.86. The van der Waals surface area contributed by atoms with Crippen LogP contribution in [-0.4, -0.2) is 65.5 Å². The highest BCUT2D eigenvalue weighted by molar-refractivity contribution is 7.98. The molecule has 0 aromatic rings. The van der Waals surface area contributed by atoms with E-state index in [9.17, 15) is 19.2 Å². The SMILES string of the molecule is CCC(C)C(NC(=O)C(CCSC)NC(=O)C(C)N)C(=O)NCC(=O)O. The van der Waals surface area contributed by atoms with Crippen molar-refractivity contribution in [2.45, 2.75) is 51.7 Å². The van der Waals surface area contributed by atoms with Gasteiger partial charge in [-0.2, -0.15) is 11.8 Å². The second-order valence-corrected chi connectivity index (χ2v) is 7.10. The third kappa shape index (κ3) is 9.04. The second-order valence-electron chi connectivity index (χ2n) is 6.11. The Kier molecular flexibility index (Phi) is 11.7. The molecule has 0 rings (SSSR count). The summed E-state index contributed by atoms with van der Waals surface area (Å²) < 4.78 is 0. The van der Waals surface area contributed by atoms with Gasteiger partial charge in [0.15, 0.2) is 0 Å². The molecule has 6 N–H and O–H groups in total. The molecule has 4 unspecified atom stereocenters. The molecule has 4 atom stereocenters. The highest BCUT2D eigenvalue weighted by atomic mass is 32.2. The first kappa shape index (κ1) is 24.2. The minimum absolute atomic E-state index is 0.210. The molecule has 0 aliphatic heterocycles. The number of nitrogens with one attached hydrogen (secondary N) is 3. The highest BCUT2D eigenvalue weighted by Crippen LogP contribution is 2.09. The second kappa shape index (κ2) is 12.5. The standard InChI is InChI=1S/C16H30N4O5S/c1-5-9(2)13(16(25)18-8-12(21)22)20-15(24)11(6-7-26-4)19-14(23)10(3)17/h9-11,13H,5-8,17H2,1-4H3,(H,18,25)(H,19,23)(H,20,24)(H,21,22). The average molecular weight is 391 g/mol. The van der Waals surface area contributed by atoms with Crippen molar-refractivity contribution < 1.29 is 24.3 Å². The summed E-state index contributed by atoms with van der Waals surface area (Å²) >= 11 is 1.52. The smallest absolute Gasteiger partial charge is 0.322 e. The topological polar surface area (TPSA) is 151 Å². The van der Waals surface area contributed by atoms with Crippen LogP contribution in [0.1, 0.15) is 33.6 Å². The molecular weight excluding hydrogens is 360 g/mol. The van der Waals surface area contributed by atoms with E-state index in [2.05, 4.69) is 16.0 Å². The summed E-state index contributed by atoms with van der Waals surface area (Å²) in [7, 11) is 0. The molecule has 0 aromatic carbocycles. The van der Waals surface area contributed by atoms with Crippen molar-refractivity contribution >= 4 is 35.5 Å². The van der Waals surface area contributed by atoms with Crippen LogP contribution in [0.15, 0.2) is 0 Å². The molecule has 0 aliphatic carbocycles. The molecule has 0 spiro atoms. The molecule has 0 fully saturated rings. The Labute approximate surface area is 158 Å². The normalized spacial score (nSPS) is 15.3. The van der Waals surface area contributed by atoms with Gasteiger partial charge >= 0.3 is 5.97 Å². The number of aliphatic carboxylic acids is 1. The Morgan fingerprint density at radius 2 is 1.69 bits per heavy atom. The lowest BCUT2D eigenvalue weighted by molar-refractivity contribution is -0.139. The molecule has 0 heterocycles. The fraction of sp³-hybridized carbons (Fsp3) is 0.750. The average Bonchev–Trinajstić information content (AvgIpc) is 2.59. The van der Waals surface area contributed by atoms with E-state index < -0.39 is 48.4 Å². The van der Waals surface area contributed by atoms with Gasteiger partial charge in [-0.3, -0.25) is 19.2 Å². The van der Waals surface area contributed by atoms with Crippen molar-refractivity contribution in [3.05, 3.63) is 0 Å². The molecule has 0 aromatic heterocycles. The number of nitrogens with two attached hydrogens (primary N) is 1. The predicted octanol–water partition coefficient (Wildman–Crippen LogP) is -0.697. The van der Waals surface area contributed by atoms with E-state index in [-0.39, 0.29) is 5.92 Å². The maximum atomic E-state index is 12.6. The lowest BCUT2D eigenvalue weighted by Crippen LogP contribution is -2.57. The molecule has 0 saturated carbocycles. The lowest BCUT2D eigenvalue weighted by atomic mass is 9.97. The number of hydrogen-bond donors (Lipinski definition) is 5. The Morgan fingerprint density at radius 3 is 2.15 bits per heavy atom. The summed E-state index contributed by atoms with van der Waals surface area (Å²) in [6, 6.07) is -2.47. The van der Waals surface area contributed by atoms with Crippen LogP contribution in [0.5, 0.6) is 0 Å². The van der Waals surface area contributed by atoms with Crippen LogP contribution in [0, 0.1) is 5.92 Å². The van der Waals surface area contributed by atoms with E-state index >= 15 is 0 Å². The first-order valence-corrected chi connectivity index (χ1v) is 9.88.